The lowest BCUT2D eigenvalue weighted by Crippen LogP contribution is -2.33. The van der Waals surface area contributed by atoms with Crippen molar-refractivity contribution in [3.63, 3.8) is 0 Å². The highest BCUT2D eigenvalue weighted by Crippen LogP contribution is 2.26. The van der Waals surface area contributed by atoms with Crippen LogP contribution in [0.3, 0.4) is 0 Å². The van der Waals surface area contributed by atoms with Crippen LogP contribution in [-0.2, 0) is 0 Å². The maximum absolute atomic E-state index is 13.8. The van der Waals surface area contributed by atoms with Crippen molar-refractivity contribution in [2.75, 3.05) is 0 Å². The van der Waals surface area contributed by atoms with Gasteiger partial charge in [0.1, 0.15) is 5.75 Å². The number of aryl methyl sites for hydroxylation is 1. The largest absolute Gasteiger partial charge is 0.508 e. The molecule has 184 valence electrons. The molecule has 5 N–H and O–H groups in total. The third-order valence-electron chi connectivity index (χ3n) is 5.32. The molecule has 0 bridgehead atoms. The van der Waals surface area contributed by atoms with Crippen LogP contribution in [0.4, 0.5) is 17.6 Å². The maximum Gasteiger partial charge on any atom is 0.491 e. The number of halogens is 4. The smallest absolute Gasteiger partial charge is 0.491 e. The summed E-state index contributed by atoms with van der Waals surface area (Å²) in [5, 5.41) is 44.5. The normalized spacial score (nSPS) is 10.5. The van der Waals surface area contributed by atoms with E-state index >= 15 is 0 Å². The van der Waals surface area contributed by atoms with Gasteiger partial charge in [0.05, 0.1) is 0 Å². The zero-order valence-electron chi connectivity index (χ0n) is 18.8. The standard InChI is InChI=1S/C13H11BF2O2.C12H9BF2O3/c1-8-2-4-9(5-3-8)10-6-7-11(14(17)18)13(16)12(10)15;14-11-9(7-1-3-8(16)4-2-7)5-6-10(12(11)15)13(17)18/h2-7,17-18H,1H3;1-6,16-18H. The van der Waals surface area contributed by atoms with Gasteiger partial charge < -0.3 is 25.2 Å². The van der Waals surface area contributed by atoms with Crippen molar-refractivity contribution in [3.05, 3.63) is 102 Å². The summed E-state index contributed by atoms with van der Waals surface area (Å²) in [5.41, 5.74) is 1.02. The molecule has 0 unspecified atom stereocenters. The molecule has 0 spiro atoms. The van der Waals surface area contributed by atoms with E-state index in [1.165, 1.54) is 36.4 Å². The molecule has 4 aromatic carbocycles. The Morgan fingerprint density at radius 2 is 0.861 bits per heavy atom. The molecular formula is C25H20B2F4O5. The summed E-state index contributed by atoms with van der Waals surface area (Å²) in [4.78, 5) is 0. The van der Waals surface area contributed by atoms with Crippen molar-refractivity contribution < 1.29 is 42.8 Å². The highest BCUT2D eigenvalue weighted by atomic mass is 19.2. The Morgan fingerprint density at radius 1 is 0.500 bits per heavy atom. The van der Waals surface area contributed by atoms with Gasteiger partial charge in [-0.25, -0.2) is 17.6 Å². The molecule has 5 nitrogen and oxygen atoms in total. The lowest BCUT2D eigenvalue weighted by Gasteiger charge is -2.08. The molecular weight excluding hydrogens is 478 g/mol. The molecule has 0 aliphatic heterocycles. The molecule has 0 heterocycles. The molecule has 11 heteroatoms. The van der Waals surface area contributed by atoms with Crippen LogP contribution in [-0.4, -0.2) is 39.4 Å². The fourth-order valence-corrected chi connectivity index (χ4v) is 3.35. The van der Waals surface area contributed by atoms with Crippen LogP contribution in [0.25, 0.3) is 22.3 Å². The van der Waals surface area contributed by atoms with Gasteiger partial charge in [0.2, 0.25) is 0 Å². The van der Waals surface area contributed by atoms with E-state index in [9.17, 15) is 17.6 Å². The van der Waals surface area contributed by atoms with Crippen LogP contribution in [0.2, 0.25) is 0 Å². The Balaban J connectivity index is 0.000000201. The fraction of sp³-hybridized carbons (Fsp3) is 0.0400. The van der Waals surface area contributed by atoms with E-state index in [1.54, 1.807) is 24.3 Å². The van der Waals surface area contributed by atoms with Crippen molar-refractivity contribution >= 4 is 25.2 Å². The maximum atomic E-state index is 13.8. The average Bonchev–Trinajstić information content (AvgIpc) is 2.84. The second kappa shape index (κ2) is 11.4. The Hall–Kier alpha value is -3.63. The van der Waals surface area contributed by atoms with Gasteiger partial charge in [0, 0.05) is 22.1 Å². The Bertz CT molecular complexity index is 1240. The topological polar surface area (TPSA) is 101 Å². The second-order valence-corrected chi connectivity index (χ2v) is 7.82. The van der Waals surface area contributed by atoms with Crippen molar-refractivity contribution in [1.82, 2.24) is 0 Å². The molecule has 36 heavy (non-hydrogen) atoms. The molecule has 0 radical (unpaired) electrons. The Labute approximate surface area is 204 Å². The van der Waals surface area contributed by atoms with Gasteiger partial charge in [-0.05, 0) is 30.2 Å². The summed E-state index contributed by atoms with van der Waals surface area (Å²) in [5.74, 6) is -4.75. The van der Waals surface area contributed by atoms with E-state index in [0.29, 0.717) is 11.1 Å². The minimum Gasteiger partial charge on any atom is -0.508 e. The summed E-state index contributed by atoms with van der Waals surface area (Å²) < 4.78 is 54.7. The van der Waals surface area contributed by atoms with Gasteiger partial charge in [-0.1, -0.05) is 66.2 Å². The van der Waals surface area contributed by atoms with Crippen LogP contribution in [0.1, 0.15) is 5.56 Å². The van der Waals surface area contributed by atoms with Gasteiger partial charge >= 0.3 is 14.2 Å². The molecule has 0 saturated heterocycles. The van der Waals surface area contributed by atoms with Crippen LogP contribution in [0.5, 0.6) is 5.75 Å². The van der Waals surface area contributed by atoms with Gasteiger partial charge in [0.15, 0.2) is 23.3 Å². The molecule has 4 aromatic rings. The predicted octanol–water partition coefficient (Wildman–Crippen LogP) is 2.64. The lowest BCUT2D eigenvalue weighted by atomic mass is 9.79. The van der Waals surface area contributed by atoms with Crippen molar-refractivity contribution in [2.24, 2.45) is 0 Å². The molecule has 0 aliphatic rings. The lowest BCUT2D eigenvalue weighted by molar-refractivity contribution is 0.419. The van der Waals surface area contributed by atoms with E-state index in [4.69, 9.17) is 25.2 Å². The first-order valence-corrected chi connectivity index (χ1v) is 10.6. The monoisotopic (exact) mass is 498 g/mol. The SMILES string of the molecule is Cc1ccc(-c2ccc(B(O)O)c(F)c2F)cc1.OB(O)c1ccc(-c2ccc(O)cc2)c(F)c1F. The minimum absolute atomic E-state index is 0.0158. The van der Waals surface area contributed by atoms with Crippen molar-refractivity contribution in [1.29, 1.82) is 0 Å². The first-order valence-electron chi connectivity index (χ1n) is 10.6. The molecule has 0 fully saturated rings. The highest BCUT2D eigenvalue weighted by Gasteiger charge is 2.23. The van der Waals surface area contributed by atoms with Crippen LogP contribution < -0.4 is 10.9 Å². The quantitative estimate of drug-likeness (QED) is 0.220. The predicted molar refractivity (Wildman–Crippen MR) is 130 cm³/mol. The Morgan fingerprint density at radius 3 is 1.22 bits per heavy atom. The molecule has 0 saturated carbocycles. The summed E-state index contributed by atoms with van der Waals surface area (Å²) in [6.07, 6.45) is 0. The summed E-state index contributed by atoms with van der Waals surface area (Å²) in [7, 11) is -4.08. The van der Waals surface area contributed by atoms with Crippen LogP contribution in [0, 0.1) is 30.2 Å². The number of phenolic OH excluding ortho intramolecular Hbond substituents is 1. The average molecular weight is 498 g/mol. The minimum atomic E-state index is -2.06. The first-order chi connectivity index (χ1) is 17.0. The summed E-state index contributed by atoms with van der Waals surface area (Å²) in [6.45, 7) is 1.89. The Kier molecular flexibility index (Phi) is 8.54. The highest BCUT2D eigenvalue weighted by molar-refractivity contribution is 6.59. The molecule has 0 atom stereocenters. The third-order valence-corrected chi connectivity index (χ3v) is 5.32. The van der Waals surface area contributed by atoms with Crippen LogP contribution in [0.15, 0.2) is 72.8 Å². The number of phenols is 1. The van der Waals surface area contributed by atoms with E-state index in [1.807, 2.05) is 6.92 Å². The van der Waals surface area contributed by atoms with Gasteiger partial charge in [-0.15, -0.1) is 0 Å². The first kappa shape index (κ1) is 27.0. The molecule has 0 aromatic heterocycles. The zero-order chi connectivity index (χ0) is 26.6. The number of aromatic hydroxyl groups is 1. The molecule has 0 aliphatic carbocycles. The second-order valence-electron chi connectivity index (χ2n) is 7.82. The van der Waals surface area contributed by atoms with E-state index < -0.39 is 48.4 Å². The van der Waals surface area contributed by atoms with E-state index in [-0.39, 0.29) is 16.9 Å². The van der Waals surface area contributed by atoms with Crippen molar-refractivity contribution in [2.45, 2.75) is 6.92 Å². The zero-order valence-corrected chi connectivity index (χ0v) is 18.8. The van der Waals surface area contributed by atoms with Crippen molar-refractivity contribution in [3.8, 4) is 28.0 Å². The van der Waals surface area contributed by atoms with Gasteiger partial charge in [0.25, 0.3) is 0 Å². The number of rotatable bonds is 4. The summed E-state index contributed by atoms with van der Waals surface area (Å²) in [6, 6.07) is 17.4. The number of hydrogen-bond donors (Lipinski definition) is 5. The molecule has 4 rings (SSSR count). The van der Waals surface area contributed by atoms with Crippen LogP contribution >= 0.6 is 0 Å². The van der Waals surface area contributed by atoms with E-state index in [0.717, 1.165) is 17.7 Å². The third kappa shape index (κ3) is 5.95. The molecule has 0 amide bonds. The van der Waals surface area contributed by atoms with E-state index in [2.05, 4.69) is 0 Å². The summed E-state index contributed by atoms with van der Waals surface area (Å²) >= 11 is 0. The fourth-order valence-electron chi connectivity index (χ4n) is 3.35. The van der Waals surface area contributed by atoms with Gasteiger partial charge in [-0.3, -0.25) is 0 Å². The van der Waals surface area contributed by atoms with Gasteiger partial charge in [-0.2, -0.15) is 0 Å². The number of benzene rings is 4. The number of hydrogen-bond acceptors (Lipinski definition) is 5.